The smallest absolute Gasteiger partial charge is 0.0162 e. The van der Waals surface area contributed by atoms with Gasteiger partial charge in [0.15, 0.2) is 0 Å². The maximum absolute atomic E-state index is 6.26. The number of benzene rings is 1. The van der Waals surface area contributed by atoms with Gasteiger partial charge in [0.1, 0.15) is 0 Å². The van der Waals surface area contributed by atoms with Gasteiger partial charge in [0.2, 0.25) is 0 Å². The SMILES string of the molecule is Cc1ccccc1SCC(N)C1CCCC1. The molecule has 0 amide bonds. The van der Waals surface area contributed by atoms with Gasteiger partial charge in [0.05, 0.1) is 0 Å². The second-order valence-electron chi connectivity index (χ2n) is 4.78. The van der Waals surface area contributed by atoms with E-state index in [1.807, 2.05) is 11.8 Å². The van der Waals surface area contributed by atoms with Gasteiger partial charge in [0, 0.05) is 16.7 Å². The topological polar surface area (TPSA) is 26.0 Å². The van der Waals surface area contributed by atoms with E-state index < -0.39 is 0 Å². The number of hydrogen-bond donors (Lipinski definition) is 1. The van der Waals surface area contributed by atoms with E-state index in [-0.39, 0.29) is 0 Å². The van der Waals surface area contributed by atoms with Crippen molar-refractivity contribution in [1.29, 1.82) is 0 Å². The molecule has 1 aliphatic rings. The van der Waals surface area contributed by atoms with E-state index in [0.717, 1.165) is 11.7 Å². The molecule has 2 heteroatoms. The molecule has 16 heavy (non-hydrogen) atoms. The van der Waals surface area contributed by atoms with Crippen LogP contribution in [0.1, 0.15) is 31.2 Å². The first-order valence-electron chi connectivity index (χ1n) is 6.21. The largest absolute Gasteiger partial charge is 0.327 e. The van der Waals surface area contributed by atoms with Crippen molar-refractivity contribution in [3.63, 3.8) is 0 Å². The molecule has 1 aromatic carbocycles. The highest BCUT2D eigenvalue weighted by Crippen LogP contribution is 2.30. The Morgan fingerprint density at radius 3 is 2.69 bits per heavy atom. The predicted octanol–water partition coefficient (Wildman–Crippen LogP) is 3.60. The van der Waals surface area contributed by atoms with Crippen LogP contribution in [0, 0.1) is 12.8 Å². The van der Waals surface area contributed by atoms with Gasteiger partial charge < -0.3 is 5.73 Å². The molecule has 2 N–H and O–H groups in total. The first-order chi connectivity index (χ1) is 7.77. The van der Waals surface area contributed by atoms with Crippen LogP contribution in [0.5, 0.6) is 0 Å². The fraction of sp³-hybridized carbons (Fsp3) is 0.571. The van der Waals surface area contributed by atoms with Crippen LogP contribution >= 0.6 is 11.8 Å². The molecule has 0 radical (unpaired) electrons. The van der Waals surface area contributed by atoms with Crippen molar-refractivity contribution in [2.75, 3.05) is 5.75 Å². The zero-order valence-corrected chi connectivity index (χ0v) is 10.8. The third-order valence-electron chi connectivity index (χ3n) is 3.53. The van der Waals surface area contributed by atoms with Crippen molar-refractivity contribution in [3.8, 4) is 0 Å². The fourth-order valence-corrected chi connectivity index (χ4v) is 3.54. The minimum absolute atomic E-state index is 0.382. The van der Waals surface area contributed by atoms with Crippen LogP contribution in [0.25, 0.3) is 0 Å². The highest BCUT2D eigenvalue weighted by Gasteiger charge is 2.21. The van der Waals surface area contributed by atoms with Crippen molar-refractivity contribution in [2.45, 2.75) is 43.5 Å². The summed E-state index contributed by atoms with van der Waals surface area (Å²) in [5, 5.41) is 0. The van der Waals surface area contributed by atoms with Crippen molar-refractivity contribution in [3.05, 3.63) is 29.8 Å². The van der Waals surface area contributed by atoms with Gasteiger partial charge >= 0.3 is 0 Å². The van der Waals surface area contributed by atoms with Crippen LogP contribution in [-0.2, 0) is 0 Å². The van der Waals surface area contributed by atoms with Crippen molar-refractivity contribution >= 4 is 11.8 Å². The average molecular weight is 235 g/mol. The molecule has 0 saturated heterocycles. The van der Waals surface area contributed by atoms with E-state index in [2.05, 4.69) is 31.2 Å². The Bertz CT molecular complexity index is 331. The van der Waals surface area contributed by atoms with E-state index in [4.69, 9.17) is 5.73 Å². The first kappa shape index (κ1) is 12.0. The van der Waals surface area contributed by atoms with Crippen LogP contribution in [0.15, 0.2) is 29.2 Å². The Morgan fingerprint density at radius 1 is 1.31 bits per heavy atom. The number of nitrogens with two attached hydrogens (primary N) is 1. The van der Waals surface area contributed by atoms with E-state index in [0.29, 0.717) is 6.04 Å². The third kappa shape index (κ3) is 3.02. The lowest BCUT2D eigenvalue weighted by molar-refractivity contribution is 0.463. The predicted molar refractivity (Wildman–Crippen MR) is 71.8 cm³/mol. The Kier molecular flexibility index (Phi) is 4.30. The van der Waals surface area contributed by atoms with Gasteiger partial charge in [-0.3, -0.25) is 0 Å². The van der Waals surface area contributed by atoms with Gasteiger partial charge in [-0.2, -0.15) is 0 Å². The molecule has 1 aliphatic carbocycles. The zero-order chi connectivity index (χ0) is 11.4. The maximum Gasteiger partial charge on any atom is 0.0162 e. The lowest BCUT2D eigenvalue weighted by Gasteiger charge is -2.18. The van der Waals surface area contributed by atoms with Gasteiger partial charge in [-0.25, -0.2) is 0 Å². The summed E-state index contributed by atoms with van der Waals surface area (Å²) in [7, 11) is 0. The number of rotatable bonds is 4. The molecule has 1 saturated carbocycles. The Labute approximate surface area is 103 Å². The standard InChI is InChI=1S/C14H21NS/c1-11-6-2-5-9-14(11)16-10-13(15)12-7-3-4-8-12/h2,5-6,9,12-13H,3-4,7-8,10,15H2,1H3. The molecule has 1 fully saturated rings. The van der Waals surface area contributed by atoms with Crippen LogP contribution in [0.2, 0.25) is 0 Å². The molecule has 1 unspecified atom stereocenters. The molecule has 88 valence electrons. The second kappa shape index (κ2) is 5.74. The average Bonchev–Trinajstić information content (AvgIpc) is 2.81. The summed E-state index contributed by atoms with van der Waals surface area (Å²) < 4.78 is 0. The zero-order valence-electron chi connectivity index (χ0n) is 9.99. The van der Waals surface area contributed by atoms with Crippen molar-refractivity contribution < 1.29 is 0 Å². The Balaban J connectivity index is 1.84. The normalized spacial score (nSPS) is 18.9. The molecular weight excluding hydrogens is 214 g/mol. The summed E-state index contributed by atoms with van der Waals surface area (Å²) >= 11 is 1.92. The van der Waals surface area contributed by atoms with Gasteiger partial charge in [0.25, 0.3) is 0 Å². The summed E-state index contributed by atoms with van der Waals surface area (Å²) in [6.07, 6.45) is 5.45. The summed E-state index contributed by atoms with van der Waals surface area (Å²) in [6.45, 7) is 2.17. The van der Waals surface area contributed by atoms with Gasteiger partial charge in [-0.05, 0) is 37.3 Å². The van der Waals surface area contributed by atoms with Crippen molar-refractivity contribution in [1.82, 2.24) is 0 Å². The van der Waals surface area contributed by atoms with Crippen molar-refractivity contribution in [2.24, 2.45) is 11.7 Å². The van der Waals surface area contributed by atoms with Gasteiger partial charge in [-0.1, -0.05) is 31.0 Å². The molecule has 0 aromatic heterocycles. The minimum Gasteiger partial charge on any atom is -0.327 e. The lowest BCUT2D eigenvalue weighted by Crippen LogP contribution is -2.30. The highest BCUT2D eigenvalue weighted by atomic mass is 32.2. The third-order valence-corrected chi connectivity index (χ3v) is 4.85. The summed E-state index contributed by atoms with van der Waals surface area (Å²) in [4.78, 5) is 1.39. The van der Waals surface area contributed by atoms with Crippen LogP contribution < -0.4 is 5.73 Å². The van der Waals surface area contributed by atoms with E-state index >= 15 is 0 Å². The van der Waals surface area contributed by atoms with Gasteiger partial charge in [-0.15, -0.1) is 11.8 Å². The quantitative estimate of drug-likeness (QED) is 0.807. The summed E-state index contributed by atoms with van der Waals surface area (Å²) in [5.41, 5.74) is 7.62. The second-order valence-corrected chi connectivity index (χ2v) is 5.85. The van der Waals surface area contributed by atoms with E-state index in [1.165, 1.54) is 36.1 Å². The number of thioether (sulfide) groups is 1. The van der Waals surface area contributed by atoms with Crippen LogP contribution in [-0.4, -0.2) is 11.8 Å². The highest BCUT2D eigenvalue weighted by molar-refractivity contribution is 7.99. The van der Waals surface area contributed by atoms with Crippen LogP contribution in [0.4, 0.5) is 0 Å². The summed E-state index contributed by atoms with van der Waals surface area (Å²) in [5.74, 6) is 1.84. The van der Waals surface area contributed by atoms with E-state index in [9.17, 15) is 0 Å². The molecule has 2 rings (SSSR count). The first-order valence-corrected chi connectivity index (χ1v) is 7.20. The van der Waals surface area contributed by atoms with E-state index in [1.54, 1.807) is 0 Å². The number of aryl methyl sites for hydroxylation is 1. The lowest BCUT2D eigenvalue weighted by atomic mass is 10.0. The monoisotopic (exact) mass is 235 g/mol. The maximum atomic E-state index is 6.26. The minimum atomic E-state index is 0.382. The Morgan fingerprint density at radius 2 is 2.00 bits per heavy atom. The molecule has 1 atom stereocenters. The molecular formula is C14H21NS. The molecule has 0 heterocycles. The Hall–Kier alpha value is -0.470. The molecule has 0 spiro atoms. The molecule has 0 aliphatic heterocycles. The fourth-order valence-electron chi connectivity index (χ4n) is 2.43. The molecule has 1 nitrogen and oxygen atoms in total. The molecule has 0 bridgehead atoms. The van der Waals surface area contributed by atoms with Crippen LogP contribution in [0.3, 0.4) is 0 Å². The number of hydrogen-bond acceptors (Lipinski definition) is 2. The molecule has 1 aromatic rings. The summed E-state index contributed by atoms with van der Waals surface area (Å²) in [6, 6.07) is 8.95.